The van der Waals surface area contributed by atoms with Crippen LogP contribution in [0.2, 0.25) is 0 Å². The monoisotopic (exact) mass is 160 g/mol. The molecule has 0 aromatic heterocycles. The molecule has 0 bridgehead atoms. The number of ether oxygens (including phenoxy) is 1. The maximum absolute atomic E-state index is 10.6. The predicted molar refractivity (Wildman–Crippen MR) is 40.8 cm³/mol. The minimum Gasteiger partial charge on any atom is -0.431 e. The molecule has 0 rings (SSSR count). The summed E-state index contributed by atoms with van der Waals surface area (Å²) in [5, 5.41) is 0. The summed E-state index contributed by atoms with van der Waals surface area (Å²) < 4.78 is 4.54. The Morgan fingerprint density at radius 3 is 2.80 bits per heavy atom. The van der Waals surface area contributed by atoms with Gasteiger partial charge >= 0.3 is 5.97 Å². The molecule has 0 aromatic rings. The number of allylic oxidation sites excluding steroid dienone is 1. The van der Waals surface area contributed by atoms with Crippen molar-refractivity contribution in [1.29, 1.82) is 0 Å². The molecular weight excluding hydrogens is 152 g/mol. The summed E-state index contributed by atoms with van der Waals surface area (Å²) >= 11 is 5.26. The van der Waals surface area contributed by atoms with E-state index in [0.29, 0.717) is 11.5 Å². The fraction of sp³-hybridized carbons (Fsp3) is 0.286. The first-order valence-electron chi connectivity index (χ1n) is 2.76. The van der Waals surface area contributed by atoms with Gasteiger partial charge in [0.15, 0.2) is 0 Å². The SMILES string of the molecule is C=C(C)C(=O)OC=CCCl. The number of alkyl halides is 1. The van der Waals surface area contributed by atoms with Gasteiger partial charge < -0.3 is 4.74 Å². The average Bonchev–Trinajstić information content (AvgIpc) is 1.88. The van der Waals surface area contributed by atoms with Crippen LogP contribution in [-0.2, 0) is 9.53 Å². The van der Waals surface area contributed by atoms with Crippen LogP contribution >= 0.6 is 11.6 Å². The molecule has 0 aliphatic rings. The highest BCUT2D eigenvalue weighted by atomic mass is 35.5. The van der Waals surface area contributed by atoms with Gasteiger partial charge in [0, 0.05) is 11.5 Å². The molecule has 0 N–H and O–H groups in total. The zero-order valence-corrected chi connectivity index (χ0v) is 6.52. The number of hydrogen-bond donors (Lipinski definition) is 0. The lowest BCUT2D eigenvalue weighted by atomic mass is 10.4. The quantitative estimate of drug-likeness (QED) is 0.273. The van der Waals surface area contributed by atoms with Crippen molar-refractivity contribution in [3.05, 3.63) is 24.5 Å². The first-order chi connectivity index (χ1) is 4.68. The minimum absolute atomic E-state index is 0.337. The molecule has 0 saturated carbocycles. The van der Waals surface area contributed by atoms with Crippen LogP contribution in [-0.4, -0.2) is 11.8 Å². The molecule has 0 saturated heterocycles. The number of hydrogen-bond acceptors (Lipinski definition) is 2. The number of rotatable bonds is 3. The zero-order valence-electron chi connectivity index (χ0n) is 5.76. The van der Waals surface area contributed by atoms with Crippen molar-refractivity contribution in [1.82, 2.24) is 0 Å². The van der Waals surface area contributed by atoms with E-state index in [0.717, 1.165) is 0 Å². The Balaban J connectivity index is 3.60. The van der Waals surface area contributed by atoms with Crippen LogP contribution in [0.15, 0.2) is 24.5 Å². The first-order valence-corrected chi connectivity index (χ1v) is 3.29. The highest BCUT2D eigenvalue weighted by Gasteiger charge is 1.97. The highest BCUT2D eigenvalue weighted by molar-refractivity contribution is 6.18. The third kappa shape index (κ3) is 4.15. The lowest BCUT2D eigenvalue weighted by Gasteiger charge is -1.94. The summed E-state index contributed by atoms with van der Waals surface area (Å²) in [6, 6.07) is 0. The van der Waals surface area contributed by atoms with Crippen molar-refractivity contribution >= 4 is 17.6 Å². The maximum Gasteiger partial charge on any atom is 0.337 e. The third-order valence-electron chi connectivity index (χ3n) is 0.709. The maximum atomic E-state index is 10.6. The van der Waals surface area contributed by atoms with Crippen LogP contribution in [0.25, 0.3) is 0 Å². The Morgan fingerprint density at radius 2 is 2.40 bits per heavy atom. The molecule has 2 nitrogen and oxygen atoms in total. The van der Waals surface area contributed by atoms with E-state index in [9.17, 15) is 4.79 Å². The second kappa shape index (κ2) is 5.06. The van der Waals surface area contributed by atoms with Crippen molar-refractivity contribution < 1.29 is 9.53 Å². The normalized spacial score (nSPS) is 9.80. The van der Waals surface area contributed by atoms with E-state index < -0.39 is 5.97 Å². The van der Waals surface area contributed by atoms with Gasteiger partial charge in [0.05, 0.1) is 6.26 Å². The number of carbonyl (C=O) groups is 1. The van der Waals surface area contributed by atoms with Gasteiger partial charge in [-0.2, -0.15) is 0 Å². The molecule has 0 amide bonds. The van der Waals surface area contributed by atoms with E-state index >= 15 is 0 Å². The molecule has 0 aromatic carbocycles. The van der Waals surface area contributed by atoms with E-state index in [1.165, 1.54) is 12.3 Å². The van der Waals surface area contributed by atoms with Crippen LogP contribution < -0.4 is 0 Å². The van der Waals surface area contributed by atoms with Crippen molar-refractivity contribution in [2.45, 2.75) is 6.92 Å². The average molecular weight is 161 g/mol. The molecule has 0 spiro atoms. The van der Waals surface area contributed by atoms with E-state index in [1.54, 1.807) is 6.92 Å². The second-order valence-corrected chi connectivity index (χ2v) is 2.02. The van der Waals surface area contributed by atoms with Gasteiger partial charge in [0.1, 0.15) is 0 Å². The Hall–Kier alpha value is -0.760. The van der Waals surface area contributed by atoms with Gasteiger partial charge in [-0.3, -0.25) is 0 Å². The van der Waals surface area contributed by atoms with Crippen molar-refractivity contribution in [2.75, 3.05) is 5.88 Å². The molecule has 3 heteroatoms. The van der Waals surface area contributed by atoms with Crippen LogP contribution in [0.3, 0.4) is 0 Å². The van der Waals surface area contributed by atoms with Crippen LogP contribution in [0.4, 0.5) is 0 Å². The van der Waals surface area contributed by atoms with E-state index in [2.05, 4.69) is 11.3 Å². The molecule has 56 valence electrons. The Morgan fingerprint density at radius 1 is 1.80 bits per heavy atom. The van der Waals surface area contributed by atoms with Crippen molar-refractivity contribution in [3.63, 3.8) is 0 Å². The van der Waals surface area contributed by atoms with Crippen LogP contribution in [0.1, 0.15) is 6.92 Å². The number of esters is 1. The molecule has 0 aliphatic heterocycles. The van der Waals surface area contributed by atoms with E-state index in [-0.39, 0.29) is 0 Å². The molecular formula is C7H9ClO2. The summed E-state index contributed by atoms with van der Waals surface area (Å²) in [4.78, 5) is 10.6. The number of halogens is 1. The van der Waals surface area contributed by atoms with Gasteiger partial charge in [-0.15, -0.1) is 11.6 Å². The smallest absolute Gasteiger partial charge is 0.337 e. The molecule has 0 unspecified atom stereocenters. The summed E-state index contributed by atoms with van der Waals surface area (Å²) in [7, 11) is 0. The van der Waals surface area contributed by atoms with Gasteiger partial charge in [-0.25, -0.2) is 4.79 Å². The topological polar surface area (TPSA) is 26.3 Å². The van der Waals surface area contributed by atoms with Gasteiger partial charge in [0.2, 0.25) is 0 Å². The summed E-state index contributed by atoms with van der Waals surface area (Å²) in [6.45, 7) is 4.97. The van der Waals surface area contributed by atoms with E-state index in [4.69, 9.17) is 11.6 Å². The lowest BCUT2D eigenvalue weighted by molar-refractivity contribution is -0.133. The van der Waals surface area contributed by atoms with Crippen LogP contribution in [0.5, 0.6) is 0 Å². The van der Waals surface area contributed by atoms with Crippen LogP contribution in [0, 0.1) is 0 Å². The molecule has 10 heavy (non-hydrogen) atoms. The van der Waals surface area contributed by atoms with Crippen molar-refractivity contribution in [3.8, 4) is 0 Å². The fourth-order valence-corrected chi connectivity index (χ4v) is 0.320. The van der Waals surface area contributed by atoms with Gasteiger partial charge in [-0.05, 0) is 13.0 Å². The largest absolute Gasteiger partial charge is 0.431 e. The summed E-state index contributed by atoms with van der Waals surface area (Å²) in [5.41, 5.74) is 0.374. The van der Waals surface area contributed by atoms with Gasteiger partial charge in [0.25, 0.3) is 0 Å². The molecule has 0 fully saturated rings. The summed E-state index contributed by atoms with van der Waals surface area (Å²) in [5.74, 6) is -0.0925. The van der Waals surface area contributed by atoms with Crippen molar-refractivity contribution in [2.24, 2.45) is 0 Å². The third-order valence-corrected chi connectivity index (χ3v) is 0.887. The Bertz CT molecular complexity index is 161. The molecule has 0 heterocycles. The standard InChI is InChI=1S/C7H9ClO2/c1-6(2)7(9)10-5-3-4-8/h3,5H,1,4H2,2H3. The molecule has 0 aliphatic carbocycles. The molecule has 0 atom stereocenters. The van der Waals surface area contributed by atoms with Gasteiger partial charge in [-0.1, -0.05) is 6.58 Å². The highest BCUT2D eigenvalue weighted by Crippen LogP contribution is 1.92. The Labute approximate surface area is 65.1 Å². The van der Waals surface area contributed by atoms with E-state index in [1.807, 2.05) is 0 Å². The minimum atomic E-state index is -0.429. The summed E-state index contributed by atoms with van der Waals surface area (Å²) in [6.07, 6.45) is 2.78. The first kappa shape index (κ1) is 9.24. The predicted octanol–water partition coefficient (Wildman–Crippen LogP) is 1.86. The molecule has 0 radical (unpaired) electrons. The Kier molecular flexibility index (Phi) is 4.67. The number of carbonyl (C=O) groups excluding carboxylic acids is 1. The second-order valence-electron chi connectivity index (χ2n) is 1.71. The lowest BCUT2D eigenvalue weighted by Crippen LogP contribution is -1.98. The zero-order chi connectivity index (χ0) is 7.98. The fourth-order valence-electron chi connectivity index (χ4n) is 0.247.